The summed E-state index contributed by atoms with van der Waals surface area (Å²) in [6, 6.07) is 2.04. The van der Waals surface area contributed by atoms with E-state index in [-0.39, 0.29) is 17.9 Å². The number of nitrogens with zero attached hydrogens (tertiary/aromatic N) is 3. The molecule has 4 rings (SSSR count). The van der Waals surface area contributed by atoms with Crippen LogP contribution < -0.4 is 0 Å². The van der Waals surface area contributed by atoms with Crippen molar-refractivity contribution in [1.29, 1.82) is 0 Å². The lowest BCUT2D eigenvalue weighted by molar-refractivity contribution is 0.0715. The molecule has 0 bridgehead atoms. The van der Waals surface area contributed by atoms with Gasteiger partial charge in [-0.1, -0.05) is 19.0 Å². The molecule has 0 saturated carbocycles. The van der Waals surface area contributed by atoms with E-state index in [2.05, 4.69) is 16.2 Å². The number of aryl methyl sites for hydroxylation is 2. The lowest BCUT2D eigenvalue weighted by atomic mass is 9.99. The number of carbonyl (C=O) groups is 1. The summed E-state index contributed by atoms with van der Waals surface area (Å²) in [4.78, 5) is 21.8. The van der Waals surface area contributed by atoms with Crippen molar-refractivity contribution < 1.29 is 9.32 Å². The zero-order chi connectivity index (χ0) is 16.7. The third-order valence-electron chi connectivity index (χ3n) is 4.98. The number of aromatic nitrogens is 2. The molecule has 0 aromatic carbocycles. The Kier molecular flexibility index (Phi) is 4.16. The molecule has 1 unspecified atom stereocenters. The molecular formula is C18H23N3O2S. The second kappa shape index (κ2) is 6.31. The minimum atomic E-state index is -0.0726. The smallest absolute Gasteiger partial charge is 0.264 e. The summed E-state index contributed by atoms with van der Waals surface area (Å²) in [6.45, 7) is 4.86. The van der Waals surface area contributed by atoms with E-state index < -0.39 is 0 Å². The summed E-state index contributed by atoms with van der Waals surface area (Å²) < 4.78 is 5.46. The minimum absolute atomic E-state index is 0.0726. The average molecular weight is 345 g/mol. The molecule has 128 valence electrons. The molecule has 5 nitrogen and oxygen atoms in total. The van der Waals surface area contributed by atoms with Gasteiger partial charge in [0, 0.05) is 17.3 Å². The SMILES string of the molecule is CC(C)c1noc(C2CCCN2C(=O)c2cc3c(s2)CCCC3)n1. The molecule has 0 N–H and O–H groups in total. The van der Waals surface area contributed by atoms with Crippen molar-refractivity contribution >= 4 is 17.2 Å². The molecule has 2 aromatic rings. The zero-order valence-electron chi connectivity index (χ0n) is 14.2. The highest BCUT2D eigenvalue weighted by molar-refractivity contribution is 7.14. The number of carbonyl (C=O) groups excluding carboxylic acids is 1. The molecule has 1 atom stereocenters. The van der Waals surface area contributed by atoms with Crippen molar-refractivity contribution in [3.05, 3.63) is 33.1 Å². The summed E-state index contributed by atoms with van der Waals surface area (Å²) >= 11 is 1.68. The maximum atomic E-state index is 13.0. The molecule has 0 radical (unpaired) electrons. The minimum Gasteiger partial charge on any atom is -0.337 e. The van der Waals surface area contributed by atoms with Crippen molar-refractivity contribution in [3.8, 4) is 0 Å². The lowest BCUT2D eigenvalue weighted by Crippen LogP contribution is -2.30. The first kappa shape index (κ1) is 15.8. The molecule has 2 aliphatic rings. The highest BCUT2D eigenvalue weighted by Gasteiger charge is 2.35. The summed E-state index contributed by atoms with van der Waals surface area (Å²) in [5.41, 5.74) is 1.38. The van der Waals surface area contributed by atoms with Gasteiger partial charge < -0.3 is 9.42 Å². The molecular weight excluding hydrogens is 322 g/mol. The number of fused-ring (bicyclic) bond motifs is 1. The molecule has 2 aromatic heterocycles. The number of rotatable bonds is 3. The third kappa shape index (κ3) is 2.77. The Morgan fingerprint density at radius 2 is 2.17 bits per heavy atom. The van der Waals surface area contributed by atoms with Gasteiger partial charge in [-0.25, -0.2) is 0 Å². The predicted octanol–water partition coefficient (Wildman–Crippen LogP) is 4.11. The van der Waals surface area contributed by atoms with Gasteiger partial charge in [0.05, 0.1) is 4.88 Å². The highest BCUT2D eigenvalue weighted by atomic mass is 32.1. The fraction of sp³-hybridized carbons (Fsp3) is 0.611. The fourth-order valence-electron chi connectivity index (χ4n) is 3.62. The van der Waals surface area contributed by atoms with Crippen LogP contribution in [0.15, 0.2) is 10.6 Å². The summed E-state index contributed by atoms with van der Waals surface area (Å²) in [5.74, 6) is 1.67. The van der Waals surface area contributed by atoms with Gasteiger partial charge in [-0.2, -0.15) is 4.98 Å². The number of likely N-dealkylation sites (tertiary alicyclic amines) is 1. The summed E-state index contributed by atoms with van der Waals surface area (Å²) in [6.07, 6.45) is 6.61. The number of thiophene rings is 1. The van der Waals surface area contributed by atoms with E-state index in [1.165, 1.54) is 23.3 Å². The molecule has 0 spiro atoms. The van der Waals surface area contributed by atoms with Gasteiger partial charge >= 0.3 is 0 Å². The molecule has 6 heteroatoms. The monoisotopic (exact) mass is 345 g/mol. The van der Waals surface area contributed by atoms with E-state index in [0.717, 1.165) is 42.9 Å². The summed E-state index contributed by atoms with van der Waals surface area (Å²) in [5, 5.41) is 4.06. The first-order chi connectivity index (χ1) is 11.6. The van der Waals surface area contributed by atoms with E-state index >= 15 is 0 Å². The van der Waals surface area contributed by atoms with Crippen molar-refractivity contribution in [2.45, 2.75) is 64.3 Å². The summed E-state index contributed by atoms with van der Waals surface area (Å²) in [7, 11) is 0. The first-order valence-electron chi connectivity index (χ1n) is 8.89. The average Bonchev–Trinajstić information content (AvgIpc) is 3.30. The van der Waals surface area contributed by atoms with Crippen molar-refractivity contribution in [3.63, 3.8) is 0 Å². The van der Waals surface area contributed by atoms with Crippen LogP contribution >= 0.6 is 11.3 Å². The van der Waals surface area contributed by atoms with Crippen LogP contribution in [0.5, 0.6) is 0 Å². The molecule has 1 aliphatic carbocycles. The van der Waals surface area contributed by atoms with Crippen LogP contribution in [0.1, 0.15) is 83.3 Å². The van der Waals surface area contributed by atoms with Crippen LogP contribution in [0.3, 0.4) is 0 Å². The quantitative estimate of drug-likeness (QED) is 0.840. The topological polar surface area (TPSA) is 59.2 Å². The standard InChI is InChI=1S/C18H23N3O2S/c1-11(2)16-19-17(23-20-16)13-7-5-9-21(13)18(22)15-10-12-6-3-4-8-14(12)24-15/h10-11,13H,3-9H2,1-2H3. The van der Waals surface area contributed by atoms with Gasteiger partial charge in [-0.3, -0.25) is 4.79 Å². The van der Waals surface area contributed by atoms with Gasteiger partial charge in [0.2, 0.25) is 5.89 Å². The van der Waals surface area contributed by atoms with E-state index in [1.807, 2.05) is 18.7 Å². The van der Waals surface area contributed by atoms with Crippen LogP contribution in [0.25, 0.3) is 0 Å². The fourth-order valence-corrected chi connectivity index (χ4v) is 4.83. The van der Waals surface area contributed by atoms with Crippen molar-refractivity contribution in [2.75, 3.05) is 6.54 Å². The Hall–Kier alpha value is -1.69. The lowest BCUT2D eigenvalue weighted by Gasteiger charge is -2.21. The number of hydrogen-bond acceptors (Lipinski definition) is 5. The van der Waals surface area contributed by atoms with Crippen molar-refractivity contribution in [1.82, 2.24) is 15.0 Å². The normalized spacial score (nSPS) is 20.6. The van der Waals surface area contributed by atoms with E-state index in [4.69, 9.17) is 4.52 Å². The zero-order valence-corrected chi connectivity index (χ0v) is 15.1. The van der Waals surface area contributed by atoms with Crippen LogP contribution in [-0.4, -0.2) is 27.5 Å². The van der Waals surface area contributed by atoms with Crippen molar-refractivity contribution in [2.24, 2.45) is 0 Å². The molecule has 1 aliphatic heterocycles. The van der Waals surface area contributed by atoms with Gasteiger partial charge in [-0.15, -0.1) is 11.3 Å². The van der Waals surface area contributed by atoms with Crippen LogP contribution in [0, 0.1) is 0 Å². The molecule has 3 heterocycles. The van der Waals surface area contributed by atoms with E-state index in [9.17, 15) is 4.79 Å². The Balaban J connectivity index is 1.57. The third-order valence-corrected chi connectivity index (χ3v) is 6.21. The van der Waals surface area contributed by atoms with E-state index in [1.54, 1.807) is 11.3 Å². The molecule has 1 fully saturated rings. The van der Waals surface area contributed by atoms with Crippen LogP contribution in [0.2, 0.25) is 0 Å². The molecule has 24 heavy (non-hydrogen) atoms. The van der Waals surface area contributed by atoms with Gasteiger partial charge in [0.15, 0.2) is 5.82 Å². The van der Waals surface area contributed by atoms with Gasteiger partial charge in [0.1, 0.15) is 6.04 Å². The molecule has 1 amide bonds. The Morgan fingerprint density at radius 1 is 1.33 bits per heavy atom. The number of amides is 1. The van der Waals surface area contributed by atoms with E-state index in [0.29, 0.717) is 5.89 Å². The maximum Gasteiger partial charge on any atom is 0.264 e. The maximum absolute atomic E-state index is 13.0. The van der Waals surface area contributed by atoms with Crippen LogP contribution in [0.4, 0.5) is 0 Å². The Labute approximate surface area is 146 Å². The Bertz CT molecular complexity index is 726. The molecule has 1 saturated heterocycles. The second-order valence-electron chi connectivity index (χ2n) is 7.07. The number of hydrogen-bond donors (Lipinski definition) is 0. The Morgan fingerprint density at radius 3 is 2.92 bits per heavy atom. The first-order valence-corrected chi connectivity index (χ1v) is 9.71. The second-order valence-corrected chi connectivity index (χ2v) is 8.21. The highest BCUT2D eigenvalue weighted by Crippen LogP contribution is 2.36. The largest absolute Gasteiger partial charge is 0.337 e. The predicted molar refractivity (Wildman–Crippen MR) is 92.4 cm³/mol. The van der Waals surface area contributed by atoms with Crippen LogP contribution in [-0.2, 0) is 12.8 Å². The van der Waals surface area contributed by atoms with Gasteiger partial charge in [0.25, 0.3) is 5.91 Å². The van der Waals surface area contributed by atoms with Gasteiger partial charge in [-0.05, 0) is 50.2 Å².